The van der Waals surface area contributed by atoms with Gasteiger partial charge >= 0.3 is 0 Å². The third-order valence-electron chi connectivity index (χ3n) is 5.16. The Morgan fingerprint density at radius 3 is 2.30 bits per heavy atom. The van der Waals surface area contributed by atoms with Crippen LogP contribution in [-0.4, -0.2) is 56.4 Å². The fraction of sp³-hybridized carbons (Fsp3) is 0.684. The largest absolute Gasteiger partial charge is 0.497 e. The fourth-order valence-corrected chi connectivity index (χ4v) is 4.02. The average molecular weight is 318 g/mol. The minimum Gasteiger partial charge on any atom is -0.497 e. The van der Waals surface area contributed by atoms with Crippen molar-refractivity contribution >= 4 is 5.69 Å². The molecule has 0 N–H and O–H groups in total. The van der Waals surface area contributed by atoms with Crippen LogP contribution in [0.25, 0.3) is 0 Å². The second-order valence-corrected chi connectivity index (χ2v) is 6.96. The zero-order valence-electron chi connectivity index (χ0n) is 14.7. The summed E-state index contributed by atoms with van der Waals surface area (Å²) in [7, 11) is 1.72. The van der Waals surface area contributed by atoms with Gasteiger partial charge in [0.1, 0.15) is 5.75 Å². The van der Waals surface area contributed by atoms with E-state index >= 15 is 0 Å². The van der Waals surface area contributed by atoms with Gasteiger partial charge in [0.05, 0.1) is 19.3 Å². The van der Waals surface area contributed by atoms with Gasteiger partial charge in [0.2, 0.25) is 0 Å². The van der Waals surface area contributed by atoms with Crippen LogP contribution in [0.3, 0.4) is 0 Å². The van der Waals surface area contributed by atoms with E-state index in [1.807, 2.05) is 0 Å². The van der Waals surface area contributed by atoms with Crippen molar-refractivity contribution < 1.29 is 9.47 Å². The van der Waals surface area contributed by atoms with Crippen LogP contribution in [0.15, 0.2) is 24.3 Å². The highest BCUT2D eigenvalue weighted by Crippen LogP contribution is 2.26. The van der Waals surface area contributed by atoms with Gasteiger partial charge < -0.3 is 14.4 Å². The lowest BCUT2D eigenvalue weighted by Crippen LogP contribution is -2.45. The molecule has 0 radical (unpaired) electrons. The number of hydrogen-bond acceptors (Lipinski definition) is 4. The Balaban J connectivity index is 1.60. The smallest absolute Gasteiger partial charge is 0.119 e. The molecule has 0 bridgehead atoms. The van der Waals surface area contributed by atoms with Crippen molar-refractivity contribution in [2.45, 2.75) is 51.4 Å². The number of anilines is 1. The predicted molar refractivity (Wildman–Crippen MR) is 94.4 cm³/mol. The summed E-state index contributed by atoms with van der Waals surface area (Å²) in [6.07, 6.45) is 4.36. The molecule has 2 saturated heterocycles. The van der Waals surface area contributed by atoms with E-state index in [4.69, 9.17) is 9.47 Å². The summed E-state index contributed by atoms with van der Waals surface area (Å²) in [6.45, 7) is 9.02. The normalized spacial score (nSPS) is 30.0. The molecule has 0 amide bonds. The van der Waals surface area contributed by atoms with Gasteiger partial charge in [-0.05, 0) is 57.4 Å². The summed E-state index contributed by atoms with van der Waals surface area (Å²) in [5.41, 5.74) is 1.31. The van der Waals surface area contributed by atoms with Gasteiger partial charge in [-0.2, -0.15) is 0 Å². The number of nitrogens with zero attached hydrogens (tertiary/aromatic N) is 2. The highest BCUT2D eigenvalue weighted by Gasteiger charge is 2.29. The quantitative estimate of drug-likeness (QED) is 0.855. The first-order valence-corrected chi connectivity index (χ1v) is 8.94. The molecule has 2 heterocycles. The Labute approximate surface area is 140 Å². The topological polar surface area (TPSA) is 24.9 Å². The van der Waals surface area contributed by atoms with Crippen LogP contribution in [-0.2, 0) is 4.74 Å². The van der Waals surface area contributed by atoms with E-state index in [0.717, 1.165) is 25.4 Å². The summed E-state index contributed by atoms with van der Waals surface area (Å²) in [6, 6.07) is 9.14. The molecule has 23 heavy (non-hydrogen) atoms. The monoisotopic (exact) mass is 318 g/mol. The van der Waals surface area contributed by atoms with Gasteiger partial charge in [-0.15, -0.1) is 0 Å². The van der Waals surface area contributed by atoms with Crippen LogP contribution >= 0.6 is 0 Å². The molecule has 0 saturated carbocycles. The maximum atomic E-state index is 5.90. The lowest BCUT2D eigenvalue weighted by molar-refractivity contribution is -0.0641. The molecule has 3 atom stereocenters. The Morgan fingerprint density at radius 1 is 0.957 bits per heavy atom. The Bertz CT molecular complexity index is 481. The molecule has 1 unspecified atom stereocenters. The molecular formula is C19H30N2O2. The molecule has 2 fully saturated rings. The molecule has 128 valence electrons. The van der Waals surface area contributed by atoms with Crippen molar-refractivity contribution in [1.29, 1.82) is 0 Å². The van der Waals surface area contributed by atoms with E-state index in [1.54, 1.807) is 7.11 Å². The van der Waals surface area contributed by atoms with E-state index in [-0.39, 0.29) is 0 Å². The number of rotatable bonds is 3. The van der Waals surface area contributed by atoms with Crippen molar-refractivity contribution in [3.8, 4) is 5.75 Å². The number of hydrogen-bond donors (Lipinski definition) is 0. The Hall–Kier alpha value is -1.26. The molecule has 1 aromatic carbocycles. The van der Waals surface area contributed by atoms with Gasteiger partial charge in [0, 0.05) is 37.9 Å². The molecule has 2 aliphatic heterocycles. The molecule has 4 heteroatoms. The van der Waals surface area contributed by atoms with Gasteiger partial charge in [0.25, 0.3) is 0 Å². The average Bonchev–Trinajstić information content (AvgIpc) is 2.80. The maximum Gasteiger partial charge on any atom is 0.119 e. The minimum absolute atomic E-state index is 0.393. The van der Waals surface area contributed by atoms with E-state index < -0.39 is 0 Å². The van der Waals surface area contributed by atoms with E-state index in [2.05, 4.69) is 47.9 Å². The summed E-state index contributed by atoms with van der Waals surface area (Å²) >= 11 is 0. The molecular weight excluding hydrogens is 288 g/mol. The molecule has 0 aromatic heterocycles. The number of methoxy groups -OCH3 is 1. The Morgan fingerprint density at radius 2 is 1.65 bits per heavy atom. The SMILES string of the molecule is COc1ccc(N2CCCN(C3C[C@@H](C)O[C@@H](C)C3)CC2)cc1. The first-order chi connectivity index (χ1) is 11.2. The van der Waals surface area contributed by atoms with Gasteiger partial charge in [-0.25, -0.2) is 0 Å². The van der Waals surface area contributed by atoms with Gasteiger partial charge in [-0.3, -0.25) is 4.90 Å². The molecule has 0 aliphatic carbocycles. The summed E-state index contributed by atoms with van der Waals surface area (Å²) in [5, 5.41) is 0. The third-order valence-corrected chi connectivity index (χ3v) is 5.16. The zero-order valence-corrected chi connectivity index (χ0v) is 14.7. The maximum absolute atomic E-state index is 5.90. The van der Waals surface area contributed by atoms with E-state index in [0.29, 0.717) is 18.2 Å². The molecule has 4 nitrogen and oxygen atoms in total. The van der Waals surface area contributed by atoms with Crippen molar-refractivity contribution in [3.05, 3.63) is 24.3 Å². The van der Waals surface area contributed by atoms with E-state index in [1.165, 1.54) is 31.5 Å². The number of benzene rings is 1. The highest BCUT2D eigenvalue weighted by molar-refractivity contribution is 5.49. The second kappa shape index (κ2) is 7.54. The summed E-state index contributed by atoms with van der Waals surface area (Å²) in [4.78, 5) is 5.20. The predicted octanol–water partition coefficient (Wildman–Crippen LogP) is 3.16. The zero-order chi connectivity index (χ0) is 16.2. The lowest BCUT2D eigenvalue weighted by atomic mass is 9.98. The van der Waals surface area contributed by atoms with Crippen LogP contribution in [0.4, 0.5) is 5.69 Å². The summed E-state index contributed by atoms with van der Waals surface area (Å²) in [5.74, 6) is 0.926. The highest BCUT2D eigenvalue weighted by atomic mass is 16.5. The van der Waals surface area contributed by atoms with Crippen molar-refractivity contribution in [1.82, 2.24) is 4.90 Å². The van der Waals surface area contributed by atoms with Gasteiger partial charge in [-0.1, -0.05) is 0 Å². The van der Waals surface area contributed by atoms with Crippen LogP contribution in [0, 0.1) is 0 Å². The molecule has 0 spiro atoms. The van der Waals surface area contributed by atoms with Gasteiger partial charge in [0.15, 0.2) is 0 Å². The van der Waals surface area contributed by atoms with Crippen LogP contribution < -0.4 is 9.64 Å². The van der Waals surface area contributed by atoms with Crippen molar-refractivity contribution in [3.63, 3.8) is 0 Å². The molecule has 3 rings (SSSR count). The fourth-order valence-electron chi connectivity index (χ4n) is 4.02. The molecule has 1 aromatic rings. The first-order valence-electron chi connectivity index (χ1n) is 8.94. The van der Waals surface area contributed by atoms with Crippen LogP contribution in [0.5, 0.6) is 5.75 Å². The standard InChI is InChI=1S/C19H30N2O2/c1-15-13-18(14-16(2)23-15)21-10-4-9-20(11-12-21)17-5-7-19(22-3)8-6-17/h5-8,15-16,18H,4,9-14H2,1-3H3/t15-,16+,18?. The Kier molecular flexibility index (Phi) is 5.44. The van der Waals surface area contributed by atoms with Crippen LogP contribution in [0.1, 0.15) is 33.1 Å². The third kappa shape index (κ3) is 4.18. The second-order valence-electron chi connectivity index (χ2n) is 6.96. The lowest BCUT2D eigenvalue weighted by Gasteiger charge is -2.39. The molecule has 2 aliphatic rings. The van der Waals surface area contributed by atoms with Crippen molar-refractivity contribution in [2.75, 3.05) is 38.2 Å². The van der Waals surface area contributed by atoms with Crippen LogP contribution in [0.2, 0.25) is 0 Å². The first kappa shape index (κ1) is 16.6. The minimum atomic E-state index is 0.393. The summed E-state index contributed by atoms with van der Waals surface area (Å²) < 4.78 is 11.2. The van der Waals surface area contributed by atoms with Crippen molar-refractivity contribution in [2.24, 2.45) is 0 Å². The van der Waals surface area contributed by atoms with E-state index in [9.17, 15) is 0 Å². The number of ether oxygens (including phenoxy) is 2.